The van der Waals surface area contributed by atoms with E-state index in [-0.39, 0.29) is 6.54 Å². The van der Waals surface area contributed by atoms with Gasteiger partial charge in [-0.15, -0.1) is 0 Å². The lowest BCUT2D eigenvalue weighted by Crippen LogP contribution is -2.41. The molecule has 2 heterocycles. The Morgan fingerprint density at radius 2 is 2.16 bits per heavy atom. The van der Waals surface area contributed by atoms with Gasteiger partial charge in [-0.25, -0.2) is 4.79 Å². The van der Waals surface area contributed by atoms with Crippen LogP contribution in [0.25, 0.3) is 0 Å². The Kier molecular flexibility index (Phi) is 4.68. The zero-order valence-electron chi connectivity index (χ0n) is 15.1. The Balaban J connectivity index is 1.80. The van der Waals surface area contributed by atoms with E-state index in [1.165, 1.54) is 0 Å². The van der Waals surface area contributed by atoms with Crippen molar-refractivity contribution < 1.29 is 23.6 Å². The highest BCUT2D eigenvalue weighted by Gasteiger charge is 2.46. The summed E-state index contributed by atoms with van der Waals surface area (Å²) in [6.45, 7) is 9.96. The largest absolute Gasteiger partial charge is 0.499 e. The van der Waals surface area contributed by atoms with Crippen molar-refractivity contribution in [3.63, 3.8) is 0 Å². The molecule has 0 saturated carbocycles. The summed E-state index contributed by atoms with van der Waals surface area (Å²) in [5.41, 5.74) is 0.529. The van der Waals surface area contributed by atoms with E-state index in [0.717, 1.165) is 11.0 Å². The van der Waals surface area contributed by atoms with Crippen LogP contribution in [0.15, 0.2) is 12.1 Å². The fourth-order valence-corrected chi connectivity index (χ4v) is 3.16. The van der Waals surface area contributed by atoms with Crippen LogP contribution in [0.2, 0.25) is 5.02 Å². The molecule has 8 heteroatoms. The lowest BCUT2D eigenvalue weighted by molar-refractivity contribution is 0.0250. The molecule has 6 nitrogen and oxygen atoms in total. The molecule has 25 heavy (non-hydrogen) atoms. The quantitative estimate of drug-likeness (QED) is 0.814. The Labute approximate surface area is 153 Å². The number of rotatable bonds is 2. The number of nitrogens with one attached hydrogen (secondary N) is 1. The molecule has 0 bridgehead atoms. The van der Waals surface area contributed by atoms with E-state index in [0.29, 0.717) is 17.4 Å². The smallest absolute Gasteiger partial charge is 0.491 e. The summed E-state index contributed by atoms with van der Waals surface area (Å²) in [4.78, 5) is 11.9. The molecule has 0 saturated heterocycles. The third kappa shape index (κ3) is 4.05. The third-order valence-electron chi connectivity index (χ3n) is 3.87. The molecule has 2 aliphatic heterocycles. The Morgan fingerprint density at radius 3 is 2.84 bits per heavy atom. The first-order valence-electron chi connectivity index (χ1n) is 8.31. The van der Waals surface area contributed by atoms with E-state index >= 15 is 0 Å². The van der Waals surface area contributed by atoms with Gasteiger partial charge in [0, 0.05) is 22.6 Å². The molecule has 1 amide bonds. The van der Waals surface area contributed by atoms with Gasteiger partial charge in [-0.3, -0.25) is 0 Å². The highest BCUT2D eigenvalue weighted by Crippen LogP contribution is 2.37. The zero-order chi connectivity index (χ0) is 18.4. The fourth-order valence-electron chi connectivity index (χ4n) is 2.87. The van der Waals surface area contributed by atoms with Gasteiger partial charge in [0.05, 0.1) is 11.7 Å². The minimum absolute atomic E-state index is 0.228. The van der Waals surface area contributed by atoms with E-state index in [4.69, 9.17) is 30.4 Å². The van der Waals surface area contributed by atoms with Crippen molar-refractivity contribution in [2.24, 2.45) is 0 Å². The van der Waals surface area contributed by atoms with Crippen molar-refractivity contribution in [1.29, 1.82) is 0 Å². The molecular formula is C17H23BClNO5. The van der Waals surface area contributed by atoms with Crippen molar-refractivity contribution in [2.45, 2.75) is 51.9 Å². The second-order valence-electron chi connectivity index (χ2n) is 7.88. The molecule has 1 N–H and O–H groups in total. The Hall–Kier alpha value is -1.44. The molecule has 0 aliphatic carbocycles. The van der Waals surface area contributed by atoms with Crippen LogP contribution in [0.1, 0.15) is 46.3 Å². The molecule has 0 radical (unpaired) electrons. The van der Waals surface area contributed by atoms with Crippen molar-refractivity contribution >= 4 is 30.3 Å². The van der Waals surface area contributed by atoms with Gasteiger partial charge in [-0.1, -0.05) is 11.6 Å². The standard InChI is InChI=1S/C17H23BClNO5/c1-16(2,3)23-15(21)20-8-12-13-10(19)6-7-11-14(13)18(24-12)25-17(4,5)9-22-11/h6-7,12H,8-9H2,1-5H3,(H,20,21)/t12-/m1/s1. The monoisotopic (exact) mass is 367 g/mol. The molecular weight excluding hydrogens is 344 g/mol. The molecule has 3 rings (SSSR count). The maximum absolute atomic E-state index is 11.9. The molecule has 136 valence electrons. The number of amides is 1. The summed E-state index contributed by atoms with van der Waals surface area (Å²) >= 11 is 6.39. The summed E-state index contributed by atoms with van der Waals surface area (Å²) in [7, 11) is -0.577. The van der Waals surface area contributed by atoms with Crippen molar-refractivity contribution in [3.8, 4) is 5.75 Å². The number of carbonyl (C=O) groups excluding carboxylic acids is 1. The molecule has 0 fully saturated rings. The molecule has 0 aromatic heterocycles. The van der Waals surface area contributed by atoms with Gasteiger partial charge in [-0.05, 0) is 46.8 Å². The normalized spacial score (nSPS) is 21.2. The Morgan fingerprint density at radius 1 is 1.44 bits per heavy atom. The molecule has 2 aliphatic rings. The van der Waals surface area contributed by atoms with Gasteiger partial charge in [0.25, 0.3) is 0 Å². The van der Waals surface area contributed by atoms with Crippen LogP contribution in [0.3, 0.4) is 0 Å². The lowest BCUT2D eigenvalue weighted by Gasteiger charge is -2.25. The summed E-state index contributed by atoms with van der Waals surface area (Å²) in [6, 6.07) is 3.60. The summed E-state index contributed by atoms with van der Waals surface area (Å²) in [5, 5.41) is 3.29. The number of alkyl carbamates (subject to hydrolysis) is 1. The van der Waals surface area contributed by atoms with Gasteiger partial charge in [0.15, 0.2) is 0 Å². The number of benzene rings is 1. The van der Waals surface area contributed by atoms with Crippen LogP contribution in [-0.4, -0.2) is 37.6 Å². The van der Waals surface area contributed by atoms with Crippen molar-refractivity contribution in [3.05, 3.63) is 22.7 Å². The zero-order valence-corrected chi connectivity index (χ0v) is 15.9. The van der Waals surface area contributed by atoms with E-state index in [1.54, 1.807) is 6.07 Å². The second-order valence-corrected chi connectivity index (χ2v) is 8.29. The first-order valence-corrected chi connectivity index (χ1v) is 8.69. The predicted molar refractivity (Wildman–Crippen MR) is 95.6 cm³/mol. The Bertz CT molecular complexity index is 688. The summed E-state index contributed by atoms with van der Waals surface area (Å²) in [6.07, 6.45) is -0.935. The topological polar surface area (TPSA) is 66.0 Å². The predicted octanol–water partition coefficient (Wildman–Crippen LogP) is 2.82. The lowest BCUT2D eigenvalue weighted by atomic mass is 9.77. The van der Waals surface area contributed by atoms with E-state index in [1.807, 2.05) is 40.7 Å². The van der Waals surface area contributed by atoms with Gasteiger partial charge in [0.2, 0.25) is 0 Å². The highest BCUT2D eigenvalue weighted by molar-refractivity contribution is 6.65. The maximum Gasteiger partial charge on any atom is 0.499 e. The van der Waals surface area contributed by atoms with Gasteiger partial charge in [0.1, 0.15) is 18.0 Å². The van der Waals surface area contributed by atoms with E-state index < -0.39 is 30.5 Å². The number of ether oxygens (including phenoxy) is 2. The van der Waals surface area contributed by atoms with Gasteiger partial charge in [-0.2, -0.15) is 0 Å². The van der Waals surface area contributed by atoms with Gasteiger partial charge >= 0.3 is 13.2 Å². The second kappa shape index (κ2) is 6.38. The summed E-state index contributed by atoms with van der Waals surface area (Å²) in [5.74, 6) is 0.703. The SMILES string of the molecule is CC(C)(C)OC(=O)NC[C@H]1OB2OC(C)(C)COc3ccc(Cl)c1c32. The number of carbonyl (C=O) groups is 1. The molecule has 0 spiro atoms. The summed E-state index contributed by atoms with van der Waals surface area (Å²) < 4.78 is 23.2. The van der Waals surface area contributed by atoms with Crippen LogP contribution < -0.4 is 15.5 Å². The van der Waals surface area contributed by atoms with Crippen LogP contribution in [0.5, 0.6) is 5.75 Å². The maximum atomic E-state index is 11.9. The van der Waals surface area contributed by atoms with Crippen LogP contribution in [0, 0.1) is 0 Å². The first kappa shape index (κ1) is 18.4. The number of halogens is 1. The third-order valence-corrected chi connectivity index (χ3v) is 4.20. The van der Waals surface area contributed by atoms with Crippen molar-refractivity contribution in [2.75, 3.05) is 13.2 Å². The number of hydrogen-bond donors (Lipinski definition) is 1. The highest BCUT2D eigenvalue weighted by atomic mass is 35.5. The number of hydrogen-bond acceptors (Lipinski definition) is 5. The van der Waals surface area contributed by atoms with Crippen molar-refractivity contribution in [1.82, 2.24) is 5.32 Å². The first-order chi connectivity index (χ1) is 11.6. The minimum Gasteiger partial charge on any atom is -0.491 e. The van der Waals surface area contributed by atoms with E-state index in [9.17, 15) is 4.79 Å². The van der Waals surface area contributed by atoms with Crippen LogP contribution in [0.4, 0.5) is 4.79 Å². The van der Waals surface area contributed by atoms with Crippen LogP contribution >= 0.6 is 11.6 Å². The minimum atomic E-state index is -0.577. The molecule has 1 aromatic carbocycles. The van der Waals surface area contributed by atoms with E-state index in [2.05, 4.69) is 5.32 Å². The molecule has 1 aromatic rings. The average Bonchev–Trinajstić information content (AvgIpc) is 2.75. The molecule has 1 atom stereocenters. The molecule has 0 unspecified atom stereocenters. The van der Waals surface area contributed by atoms with Crippen LogP contribution in [-0.2, 0) is 14.0 Å². The van der Waals surface area contributed by atoms with Gasteiger partial charge < -0.3 is 24.1 Å². The average molecular weight is 368 g/mol. The fraction of sp³-hybridized carbons (Fsp3) is 0.588.